The standard InChI is InChI=1S/C19H17N5O2S/c1-10-11(2)21-15-8-12(4-5-13(15)20-10)19(26)24(3)9-16-22-14-6-7-27-17(14)18(25)23-16/h4-8H,9H2,1-3H3,(H,22,23,25). The molecule has 0 saturated heterocycles. The highest BCUT2D eigenvalue weighted by atomic mass is 32.1. The monoisotopic (exact) mass is 379 g/mol. The van der Waals surface area contributed by atoms with Gasteiger partial charge < -0.3 is 9.88 Å². The number of aryl methyl sites for hydroxylation is 2. The van der Waals surface area contributed by atoms with Crippen LogP contribution in [0.2, 0.25) is 0 Å². The summed E-state index contributed by atoms with van der Waals surface area (Å²) in [5.41, 5.74) is 4.13. The van der Waals surface area contributed by atoms with Crippen molar-refractivity contribution < 1.29 is 4.79 Å². The molecule has 0 bridgehead atoms. The maximum absolute atomic E-state index is 12.8. The van der Waals surface area contributed by atoms with E-state index in [2.05, 4.69) is 19.9 Å². The zero-order valence-corrected chi connectivity index (χ0v) is 15.9. The van der Waals surface area contributed by atoms with Crippen molar-refractivity contribution in [3.8, 4) is 0 Å². The van der Waals surface area contributed by atoms with Crippen LogP contribution in [0.3, 0.4) is 0 Å². The number of carbonyl (C=O) groups is 1. The number of carbonyl (C=O) groups excluding carboxylic acids is 1. The Morgan fingerprint density at radius 1 is 1.07 bits per heavy atom. The van der Waals surface area contributed by atoms with Gasteiger partial charge in [-0.2, -0.15) is 0 Å². The van der Waals surface area contributed by atoms with Crippen LogP contribution in [0.5, 0.6) is 0 Å². The van der Waals surface area contributed by atoms with Crippen molar-refractivity contribution in [1.29, 1.82) is 0 Å². The van der Waals surface area contributed by atoms with Crippen molar-refractivity contribution in [2.24, 2.45) is 0 Å². The van der Waals surface area contributed by atoms with Gasteiger partial charge in [-0.3, -0.25) is 9.59 Å². The summed E-state index contributed by atoms with van der Waals surface area (Å²) in [7, 11) is 1.68. The normalized spacial score (nSPS) is 11.2. The number of amides is 1. The SMILES string of the molecule is Cc1nc2ccc(C(=O)N(C)Cc3nc4ccsc4c(=O)[nH]3)cc2nc1C. The van der Waals surface area contributed by atoms with Crippen molar-refractivity contribution >= 4 is 38.5 Å². The summed E-state index contributed by atoms with van der Waals surface area (Å²) < 4.78 is 0.589. The van der Waals surface area contributed by atoms with Crippen LogP contribution in [0.15, 0.2) is 34.4 Å². The van der Waals surface area contributed by atoms with E-state index in [-0.39, 0.29) is 18.0 Å². The minimum atomic E-state index is -0.183. The number of hydrogen-bond donors (Lipinski definition) is 1. The molecule has 136 valence electrons. The maximum atomic E-state index is 12.8. The van der Waals surface area contributed by atoms with E-state index in [1.807, 2.05) is 19.2 Å². The lowest BCUT2D eigenvalue weighted by molar-refractivity contribution is 0.0781. The summed E-state index contributed by atoms with van der Waals surface area (Å²) in [5, 5.41) is 1.82. The molecule has 4 aromatic rings. The first-order valence-electron chi connectivity index (χ1n) is 8.39. The highest BCUT2D eigenvalue weighted by Crippen LogP contribution is 2.17. The Bertz CT molecular complexity index is 1240. The number of hydrogen-bond acceptors (Lipinski definition) is 6. The summed E-state index contributed by atoms with van der Waals surface area (Å²) in [5.74, 6) is 0.277. The average molecular weight is 379 g/mol. The highest BCUT2D eigenvalue weighted by molar-refractivity contribution is 7.17. The van der Waals surface area contributed by atoms with Crippen LogP contribution in [0.4, 0.5) is 0 Å². The zero-order chi connectivity index (χ0) is 19.1. The van der Waals surface area contributed by atoms with Gasteiger partial charge in [-0.15, -0.1) is 11.3 Å². The molecule has 0 saturated carbocycles. The van der Waals surface area contributed by atoms with E-state index in [0.717, 1.165) is 16.9 Å². The number of H-pyrrole nitrogens is 1. The number of benzene rings is 1. The molecule has 1 amide bonds. The van der Waals surface area contributed by atoms with Crippen molar-refractivity contribution in [3.05, 3.63) is 62.8 Å². The molecule has 0 atom stereocenters. The highest BCUT2D eigenvalue weighted by Gasteiger charge is 2.15. The predicted octanol–water partition coefficient (Wildman–Crippen LogP) is 2.82. The molecule has 8 heteroatoms. The molecule has 0 aliphatic rings. The van der Waals surface area contributed by atoms with E-state index < -0.39 is 0 Å². The third kappa shape index (κ3) is 3.19. The van der Waals surface area contributed by atoms with E-state index in [1.165, 1.54) is 16.2 Å². The second-order valence-electron chi connectivity index (χ2n) is 6.41. The summed E-state index contributed by atoms with van der Waals surface area (Å²) in [6.07, 6.45) is 0. The summed E-state index contributed by atoms with van der Waals surface area (Å²) in [6, 6.07) is 7.08. The van der Waals surface area contributed by atoms with E-state index >= 15 is 0 Å². The van der Waals surface area contributed by atoms with E-state index in [1.54, 1.807) is 31.3 Å². The quantitative estimate of drug-likeness (QED) is 0.591. The number of nitrogens with zero attached hydrogens (tertiary/aromatic N) is 4. The van der Waals surface area contributed by atoms with E-state index in [4.69, 9.17) is 0 Å². The minimum absolute atomic E-state index is 0.176. The molecule has 1 aromatic carbocycles. The second-order valence-corrected chi connectivity index (χ2v) is 7.32. The number of fused-ring (bicyclic) bond motifs is 2. The Morgan fingerprint density at radius 2 is 1.81 bits per heavy atom. The molecule has 0 aliphatic heterocycles. The largest absolute Gasteiger partial charge is 0.334 e. The molecule has 3 heterocycles. The second kappa shape index (κ2) is 6.55. The molecular weight excluding hydrogens is 362 g/mol. The Balaban J connectivity index is 1.62. The van der Waals surface area contributed by atoms with Crippen molar-refractivity contribution in [1.82, 2.24) is 24.8 Å². The number of rotatable bonds is 3. The molecular formula is C19H17N5O2S. The fourth-order valence-corrected chi connectivity index (χ4v) is 3.60. The first-order chi connectivity index (χ1) is 12.9. The first-order valence-corrected chi connectivity index (χ1v) is 9.27. The third-order valence-electron chi connectivity index (χ3n) is 4.42. The van der Waals surface area contributed by atoms with Gasteiger partial charge in [-0.25, -0.2) is 15.0 Å². The molecule has 4 rings (SSSR count). The van der Waals surface area contributed by atoms with Crippen LogP contribution in [-0.2, 0) is 6.54 Å². The Hall–Kier alpha value is -3.13. The number of aromatic amines is 1. The third-order valence-corrected chi connectivity index (χ3v) is 5.32. The van der Waals surface area contributed by atoms with Gasteiger partial charge in [0.05, 0.1) is 34.5 Å². The Labute approximate surface area is 158 Å². The molecule has 0 aliphatic carbocycles. The van der Waals surface area contributed by atoms with Crippen LogP contribution >= 0.6 is 11.3 Å². The predicted molar refractivity (Wildman–Crippen MR) is 105 cm³/mol. The zero-order valence-electron chi connectivity index (χ0n) is 15.1. The molecule has 3 aromatic heterocycles. The minimum Gasteiger partial charge on any atom is -0.334 e. The lowest BCUT2D eigenvalue weighted by atomic mass is 10.1. The van der Waals surface area contributed by atoms with Gasteiger partial charge in [-0.1, -0.05) is 0 Å². The van der Waals surface area contributed by atoms with Gasteiger partial charge in [0.15, 0.2) is 0 Å². The van der Waals surface area contributed by atoms with Crippen molar-refractivity contribution in [2.45, 2.75) is 20.4 Å². The van der Waals surface area contributed by atoms with Gasteiger partial charge in [0.25, 0.3) is 11.5 Å². The lowest BCUT2D eigenvalue weighted by Gasteiger charge is -2.17. The van der Waals surface area contributed by atoms with Crippen LogP contribution in [-0.4, -0.2) is 37.8 Å². The fraction of sp³-hybridized carbons (Fsp3) is 0.211. The molecule has 0 fully saturated rings. The van der Waals surface area contributed by atoms with Gasteiger partial charge >= 0.3 is 0 Å². The first kappa shape index (κ1) is 17.3. The van der Waals surface area contributed by atoms with Crippen LogP contribution in [0, 0.1) is 13.8 Å². The van der Waals surface area contributed by atoms with Gasteiger partial charge in [0.2, 0.25) is 0 Å². The van der Waals surface area contributed by atoms with Gasteiger partial charge in [-0.05, 0) is 43.5 Å². The van der Waals surface area contributed by atoms with Crippen molar-refractivity contribution in [3.63, 3.8) is 0 Å². The van der Waals surface area contributed by atoms with Gasteiger partial charge in [0.1, 0.15) is 10.5 Å². The summed E-state index contributed by atoms with van der Waals surface area (Å²) in [6.45, 7) is 4.01. The molecule has 1 N–H and O–H groups in total. The number of aromatic nitrogens is 4. The summed E-state index contributed by atoms with van der Waals surface area (Å²) >= 11 is 1.35. The molecule has 27 heavy (non-hydrogen) atoms. The van der Waals surface area contributed by atoms with E-state index in [0.29, 0.717) is 27.1 Å². The molecule has 7 nitrogen and oxygen atoms in total. The van der Waals surface area contributed by atoms with Crippen molar-refractivity contribution in [2.75, 3.05) is 7.05 Å². The Kier molecular flexibility index (Phi) is 4.19. The average Bonchev–Trinajstić information content (AvgIpc) is 3.11. The number of nitrogens with one attached hydrogen (secondary N) is 1. The van der Waals surface area contributed by atoms with Crippen LogP contribution in [0.1, 0.15) is 27.6 Å². The summed E-state index contributed by atoms with van der Waals surface area (Å²) in [4.78, 5) is 42.6. The fourth-order valence-electron chi connectivity index (χ4n) is 2.88. The Morgan fingerprint density at radius 3 is 2.59 bits per heavy atom. The van der Waals surface area contributed by atoms with Crippen LogP contribution in [0.25, 0.3) is 21.3 Å². The van der Waals surface area contributed by atoms with E-state index in [9.17, 15) is 9.59 Å². The number of thiophene rings is 1. The van der Waals surface area contributed by atoms with Gasteiger partial charge in [0, 0.05) is 12.6 Å². The molecule has 0 radical (unpaired) electrons. The topological polar surface area (TPSA) is 91.8 Å². The van der Waals surface area contributed by atoms with Crippen LogP contribution < -0.4 is 5.56 Å². The maximum Gasteiger partial charge on any atom is 0.268 e. The molecule has 0 spiro atoms. The molecule has 0 unspecified atom stereocenters. The smallest absolute Gasteiger partial charge is 0.268 e. The lowest BCUT2D eigenvalue weighted by Crippen LogP contribution is -2.28.